The highest BCUT2D eigenvalue weighted by molar-refractivity contribution is 5.64. The second-order valence-electron chi connectivity index (χ2n) is 2.51. The number of hydrogen-bond acceptors (Lipinski definition) is 3. The fourth-order valence-electron chi connectivity index (χ4n) is 0.781. The summed E-state index contributed by atoms with van der Waals surface area (Å²) in [4.78, 5) is 9.49. The lowest BCUT2D eigenvalue weighted by molar-refractivity contribution is 0.195. The molecule has 84 valence electrons. The van der Waals surface area contributed by atoms with Gasteiger partial charge in [0.25, 0.3) is 0 Å². The lowest BCUT2D eigenvalue weighted by Crippen LogP contribution is -2.19. The van der Waals surface area contributed by atoms with Crippen molar-refractivity contribution in [3.63, 3.8) is 0 Å². The molecule has 0 aliphatic carbocycles. The number of carboxylic acid groups (broad SMARTS) is 1. The zero-order chi connectivity index (χ0) is 11.7. The zero-order valence-corrected chi connectivity index (χ0v) is 8.73. The Labute approximate surface area is 88.3 Å². The van der Waals surface area contributed by atoms with Crippen molar-refractivity contribution in [3.05, 3.63) is 24.3 Å². The van der Waals surface area contributed by atoms with E-state index < -0.39 is 6.09 Å². The molecule has 15 heavy (non-hydrogen) atoms. The van der Waals surface area contributed by atoms with Gasteiger partial charge >= 0.3 is 6.09 Å². The molecule has 1 rings (SSSR count). The number of rotatable bonds is 2. The Balaban J connectivity index is 0.000000288. The number of hydrogen-bond donors (Lipinski definition) is 3. The molecule has 5 nitrogen and oxygen atoms in total. The summed E-state index contributed by atoms with van der Waals surface area (Å²) in [6, 6.07) is 6.84. The molecule has 0 heterocycles. The van der Waals surface area contributed by atoms with E-state index in [0.29, 0.717) is 12.3 Å². The van der Waals surface area contributed by atoms with Crippen LogP contribution in [0.1, 0.15) is 6.92 Å². The van der Waals surface area contributed by atoms with Crippen molar-refractivity contribution in [1.82, 2.24) is 5.32 Å². The molecule has 0 atom stereocenters. The highest BCUT2D eigenvalue weighted by Gasteiger charge is 1.94. The molecule has 0 fully saturated rings. The van der Waals surface area contributed by atoms with E-state index in [9.17, 15) is 4.79 Å². The summed E-state index contributed by atoms with van der Waals surface area (Å²) < 4.78 is 4.79. The Hall–Kier alpha value is -1.91. The normalized spacial score (nSPS) is 8.40. The summed E-state index contributed by atoms with van der Waals surface area (Å²) in [5.41, 5.74) is 0. The topological polar surface area (TPSA) is 78.8 Å². The van der Waals surface area contributed by atoms with E-state index in [1.807, 2.05) is 0 Å². The minimum absolute atomic E-state index is 0.181. The molecule has 0 aliphatic rings. The molecule has 0 spiro atoms. The van der Waals surface area contributed by atoms with Gasteiger partial charge in [-0.2, -0.15) is 0 Å². The third-order valence-electron chi connectivity index (χ3n) is 1.41. The molecule has 0 saturated carbocycles. The highest BCUT2D eigenvalue weighted by Crippen LogP contribution is 2.22. The van der Waals surface area contributed by atoms with Crippen LogP contribution in [-0.2, 0) is 0 Å². The van der Waals surface area contributed by atoms with Crippen molar-refractivity contribution >= 4 is 6.09 Å². The average Bonchev–Trinajstić information content (AvgIpc) is 2.19. The van der Waals surface area contributed by atoms with Crippen molar-refractivity contribution in [2.45, 2.75) is 6.92 Å². The molecule has 0 aliphatic heterocycles. The number of benzene rings is 1. The van der Waals surface area contributed by atoms with Gasteiger partial charge in [-0.15, -0.1) is 0 Å². The van der Waals surface area contributed by atoms with Gasteiger partial charge in [-0.3, -0.25) is 0 Å². The molecule has 0 unspecified atom stereocenters. The second kappa shape index (κ2) is 7.49. The lowest BCUT2D eigenvalue weighted by Gasteiger charge is -1.99. The summed E-state index contributed by atoms with van der Waals surface area (Å²) in [5, 5.41) is 18.9. The molecule has 1 amide bonds. The number of phenolic OH excluding ortho intramolecular Hbond substituents is 1. The maximum absolute atomic E-state index is 9.49. The number of phenols is 1. The van der Waals surface area contributed by atoms with Crippen LogP contribution in [0.2, 0.25) is 0 Å². The molecule has 5 heteroatoms. The Morgan fingerprint density at radius 2 is 2.07 bits per heavy atom. The summed E-state index contributed by atoms with van der Waals surface area (Å²) in [6.07, 6.45) is -0.961. The van der Waals surface area contributed by atoms with Gasteiger partial charge in [0, 0.05) is 6.54 Å². The van der Waals surface area contributed by atoms with Crippen molar-refractivity contribution in [3.8, 4) is 11.5 Å². The number of para-hydroxylation sites is 2. The predicted octanol–water partition coefficient (Wildman–Crippen LogP) is 1.67. The molecular weight excluding hydrogens is 198 g/mol. The van der Waals surface area contributed by atoms with E-state index in [1.165, 1.54) is 7.11 Å². The number of ether oxygens (including phenoxy) is 1. The molecule has 0 radical (unpaired) electrons. The van der Waals surface area contributed by atoms with Crippen LogP contribution < -0.4 is 10.1 Å². The van der Waals surface area contributed by atoms with Crippen LogP contribution in [0.25, 0.3) is 0 Å². The van der Waals surface area contributed by atoms with Gasteiger partial charge in [-0.1, -0.05) is 12.1 Å². The third kappa shape index (κ3) is 6.20. The van der Waals surface area contributed by atoms with Crippen molar-refractivity contribution in [2.75, 3.05) is 13.7 Å². The quantitative estimate of drug-likeness (QED) is 0.698. The SMILES string of the molecule is CCNC(=O)O.COc1ccccc1O. The van der Waals surface area contributed by atoms with E-state index in [0.717, 1.165) is 0 Å². The largest absolute Gasteiger partial charge is 0.504 e. The van der Waals surface area contributed by atoms with Crippen molar-refractivity contribution in [1.29, 1.82) is 0 Å². The first kappa shape index (κ1) is 13.1. The van der Waals surface area contributed by atoms with Crippen molar-refractivity contribution < 1.29 is 19.7 Å². The molecule has 0 saturated heterocycles. The minimum Gasteiger partial charge on any atom is -0.504 e. The van der Waals surface area contributed by atoms with Gasteiger partial charge < -0.3 is 20.3 Å². The number of carbonyl (C=O) groups is 1. The van der Waals surface area contributed by atoms with Gasteiger partial charge in [0.15, 0.2) is 11.5 Å². The minimum atomic E-state index is -0.961. The van der Waals surface area contributed by atoms with Crippen LogP contribution in [0.3, 0.4) is 0 Å². The predicted molar refractivity (Wildman–Crippen MR) is 56.4 cm³/mol. The first-order chi connectivity index (χ1) is 7.11. The fraction of sp³-hybridized carbons (Fsp3) is 0.300. The standard InChI is InChI=1S/C7H8O2.C3H7NO2/c1-9-7-5-3-2-4-6(7)8;1-2-4-3(5)6/h2-5,8H,1H3;4H,2H2,1H3,(H,5,6). The van der Waals surface area contributed by atoms with E-state index in [4.69, 9.17) is 14.9 Å². The number of aromatic hydroxyl groups is 1. The maximum Gasteiger partial charge on any atom is 0.404 e. The number of nitrogens with one attached hydrogen (secondary N) is 1. The molecule has 0 aromatic heterocycles. The summed E-state index contributed by atoms with van der Waals surface area (Å²) in [5.74, 6) is 0.692. The van der Waals surface area contributed by atoms with Gasteiger partial charge in [0.2, 0.25) is 0 Å². The highest BCUT2D eigenvalue weighted by atomic mass is 16.5. The Morgan fingerprint density at radius 3 is 2.33 bits per heavy atom. The molecule has 0 bridgehead atoms. The van der Waals surface area contributed by atoms with Gasteiger partial charge in [0.1, 0.15) is 0 Å². The van der Waals surface area contributed by atoms with Crippen molar-refractivity contribution in [2.24, 2.45) is 0 Å². The molecule has 1 aromatic rings. The number of methoxy groups -OCH3 is 1. The van der Waals surface area contributed by atoms with Crippen LogP contribution in [0.4, 0.5) is 4.79 Å². The van der Waals surface area contributed by atoms with Crippen LogP contribution in [0.15, 0.2) is 24.3 Å². The molecule has 3 N–H and O–H groups in total. The monoisotopic (exact) mass is 213 g/mol. The molecular formula is C10H15NO4. The van der Waals surface area contributed by atoms with Gasteiger partial charge in [-0.05, 0) is 19.1 Å². The lowest BCUT2D eigenvalue weighted by atomic mass is 10.3. The van der Waals surface area contributed by atoms with Gasteiger partial charge in [-0.25, -0.2) is 4.79 Å². The first-order valence-electron chi connectivity index (χ1n) is 4.40. The average molecular weight is 213 g/mol. The van der Waals surface area contributed by atoms with Crippen LogP contribution in [-0.4, -0.2) is 30.0 Å². The fourth-order valence-corrected chi connectivity index (χ4v) is 0.781. The van der Waals surface area contributed by atoms with Gasteiger partial charge in [0.05, 0.1) is 7.11 Å². The Morgan fingerprint density at radius 1 is 1.47 bits per heavy atom. The Bertz CT molecular complexity index is 301. The van der Waals surface area contributed by atoms with E-state index in [1.54, 1.807) is 31.2 Å². The van der Waals surface area contributed by atoms with E-state index in [2.05, 4.69) is 5.32 Å². The van der Waals surface area contributed by atoms with E-state index >= 15 is 0 Å². The maximum atomic E-state index is 9.49. The first-order valence-corrected chi connectivity index (χ1v) is 4.40. The van der Waals surface area contributed by atoms with Crippen LogP contribution in [0, 0.1) is 0 Å². The summed E-state index contributed by atoms with van der Waals surface area (Å²) in [7, 11) is 1.52. The van der Waals surface area contributed by atoms with E-state index in [-0.39, 0.29) is 5.75 Å². The van der Waals surface area contributed by atoms with Crippen LogP contribution >= 0.6 is 0 Å². The van der Waals surface area contributed by atoms with Crippen LogP contribution in [0.5, 0.6) is 11.5 Å². The summed E-state index contributed by atoms with van der Waals surface area (Å²) in [6.45, 7) is 2.21. The number of amides is 1. The second-order valence-corrected chi connectivity index (χ2v) is 2.51. The zero-order valence-electron chi connectivity index (χ0n) is 8.73. The Kier molecular flexibility index (Phi) is 6.54. The smallest absolute Gasteiger partial charge is 0.404 e. The summed E-state index contributed by atoms with van der Waals surface area (Å²) >= 11 is 0. The third-order valence-corrected chi connectivity index (χ3v) is 1.41. The molecule has 1 aromatic carbocycles.